The van der Waals surface area contributed by atoms with Crippen molar-refractivity contribution in [2.24, 2.45) is 0 Å². The lowest BCUT2D eigenvalue weighted by atomic mass is 10.0. The minimum Gasteiger partial charge on any atom is -0.508 e. The molecule has 0 saturated carbocycles. The van der Waals surface area contributed by atoms with E-state index in [-0.39, 0.29) is 11.5 Å². The van der Waals surface area contributed by atoms with Crippen LogP contribution in [-0.4, -0.2) is 14.6 Å². The van der Waals surface area contributed by atoms with Gasteiger partial charge in [-0.2, -0.15) is 0 Å². The number of hydrogen-bond donors (Lipinski definition) is 2. The van der Waals surface area contributed by atoms with Gasteiger partial charge in [-0.1, -0.05) is 24.3 Å². The normalized spacial score (nSPS) is 12.6. The van der Waals surface area contributed by atoms with Crippen molar-refractivity contribution in [3.8, 4) is 11.5 Å². The predicted molar refractivity (Wildman–Crippen MR) is 112 cm³/mol. The maximum Gasteiger partial charge on any atom is 0.213 e. The number of hydrogen-bond acceptors (Lipinski definition) is 3. The number of aromatic nitrogens is 1. The summed E-state index contributed by atoms with van der Waals surface area (Å²) < 4.78 is 8.45. The van der Waals surface area contributed by atoms with Crippen LogP contribution >= 0.6 is 0 Å². The minimum absolute atomic E-state index is 0.241. The van der Waals surface area contributed by atoms with E-state index in [4.69, 9.17) is 4.42 Å². The standard InChI is InChI=1S/C24H13NO3/c26-14-6-5-12-10-17-20(11-13(12)9-14)28-24-21(17)16-7-8-19(27)22-15-3-1-2-4-18(15)25(24)23(16)22/h1-11,26-27H. The molecule has 0 bridgehead atoms. The molecule has 0 amide bonds. The molecule has 0 spiro atoms. The summed E-state index contributed by atoms with van der Waals surface area (Å²) in [5.74, 6) is 0.522. The van der Waals surface area contributed by atoms with Gasteiger partial charge in [-0.3, -0.25) is 4.40 Å². The number of furan rings is 1. The Hall–Kier alpha value is -3.92. The topological polar surface area (TPSA) is 58.0 Å². The second-order valence-corrected chi connectivity index (χ2v) is 7.37. The number of phenols is 2. The molecule has 2 N–H and O–H groups in total. The molecule has 0 saturated heterocycles. The van der Waals surface area contributed by atoms with Crippen LogP contribution in [0, 0.1) is 0 Å². The Labute approximate surface area is 157 Å². The zero-order chi connectivity index (χ0) is 18.6. The third-order valence-corrected chi connectivity index (χ3v) is 5.88. The van der Waals surface area contributed by atoms with Gasteiger partial charge in [0.2, 0.25) is 5.71 Å². The van der Waals surface area contributed by atoms with E-state index in [1.807, 2.05) is 36.4 Å². The van der Waals surface area contributed by atoms with E-state index in [1.54, 1.807) is 18.2 Å². The zero-order valence-corrected chi connectivity index (χ0v) is 14.6. The summed E-state index contributed by atoms with van der Waals surface area (Å²) in [6.07, 6.45) is 0. The quantitative estimate of drug-likeness (QED) is 0.340. The first-order valence-electron chi connectivity index (χ1n) is 9.16. The molecular formula is C24H13NO3. The van der Waals surface area contributed by atoms with Gasteiger partial charge in [-0.05, 0) is 53.2 Å². The second kappa shape index (κ2) is 4.49. The van der Waals surface area contributed by atoms with Crippen molar-refractivity contribution >= 4 is 60.0 Å². The largest absolute Gasteiger partial charge is 0.508 e. The molecular weight excluding hydrogens is 350 g/mol. The van der Waals surface area contributed by atoms with Crippen molar-refractivity contribution in [2.75, 3.05) is 0 Å². The first-order chi connectivity index (χ1) is 13.7. The zero-order valence-electron chi connectivity index (χ0n) is 14.6. The summed E-state index contributed by atoms with van der Waals surface area (Å²) in [5, 5.41) is 27.4. The summed E-state index contributed by atoms with van der Waals surface area (Å²) in [6.45, 7) is 0. The van der Waals surface area contributed by atoms with E-state index in [1.165, 1.54) is 0 Å². The average Bonchev–Trinajstić information content (AvgIpc) is 3.32. The maximum atomic E-state index is 10.6. The molecule has 0 aliphatic heterocycles. The number of benzene rings is 4. The molecule has 7 aromatic rings. The van der Waals surface area contributed by atoms with E-state index in [2.05, 4.69) is 16.5 Å². The molecule has 3 aromatic heterocycles. The van der Waals surface area contributed by atoms with Crippen LogP contribution in [-0.2, 0) is 0 Å². The average molecular weight is 363 g/mol. The number of phenolic OH excluding ortho intramolecular Hbond substituents is 2. The number of rotatable bonds is 0. The lowest BCUT2D eigenvalue weighted by molar-refractivity contribution is 0.476. The van der Waals surface area contributed by atoms with Crippen molar-refractivity contribution in [2.45, 2.75) is 0 Å². The molecule has 28 heavy (non-hydrogen) atoms. The summed E-state index contributed by atoms with van der Waals surface area (Å²) in [6, 6.07) is 21.2. The van der Waals surface area contributed by atoms with Crippen molar-refractivity contribution < 1.29 is 14.6 Å². The van der Waals surface area contributed by atoms with Gasteiger partial charge < -0.3 is 14.6 Å². The summed E-state index contributed by atoms with van der Waals surface area (Å²) >= 11 is 0. The Bertz CT molecular complexity index is 1740. The van der Waals surface area contributed by atoms with E-state index in [0.29, 0.717) is 0 Å². The minimum atomic E-state index is 0.241. The van der Waals surface area contributed by atoms with Crippen LogP contribution in [0.15, 0.2) is 71.1 Å². The van der Waals surface area contributed by atoms with Crippen LogP contribution in [0.5, 0.6) is 11.5 Å². The van der Waals surface area contributed by atoms with E-state index in [9.17, 15) is 10.2 Å². The fourth-order valence-electron chi connectivity index (χ4n) is 4.72. The monoisotopic (exact) mass is 363 g/mol. The van der Waals surface area contributed by atoms with E-state index < -0.39 is 0 Å². The van der Waals surface area contributed by atoms with Gasteiger partial charge in [0.05, 0.1) is 21.8 Å². The van der Waals surface area contributed by atoms with E-state index in [0.717, 1.165) is 60.0 Å². The van der Waals surface area contributed by atoms with Crippen molar-refractivity contribution in [1.82, 2.24) is 4.40 Å². The van der Waals surface area contributed by atoms with Gasteiger partial charge in [-0.15, -0.1) is 0 Å². The highest BCUT2D eigenvalue weighted by atomic mass is 16.3. The first kappa shape index (κ1) is 14.2. The van der Waals surface area contributed by atoms with Gasteiger partial charge >= 0.3 is 0 Å². The van der Waals surface area contributed by atoms with Gasteiger partial charge in [0.1, 0.15) is 17.1 Å². The third kappa shape index (κ3) is 1.49. The molecule has 132 valence electrons. The van der Waals surface area contributed by atoms with Crippen LogP contribution in [0.3, 0.4) is 0 Å². The Balaban J connectivity index is 1.81. The van der Waals surface area contributed by atoms with Gasteiger partial charge in [0, 0.05) is 16.2 Å². The van der Waals surface area contributed by atoms with Gasteiger partial charge in [0.15, 0.2) is 0 Å². The highest BCUT2D eigenvalue weighted by Gasteiger charge is 2.23. The van der Waals surface area contributed by atoms with Crippen LogP contribution in [0.4, 0.5) is 0 Å². The smallest absolute Gasteiger partial charge is 0.213 e. The van der Waals surface area contributed by atoms with Crippen molar-refractivity contribution in [3.05, 3.63) is 66.7 Å². The molecule has 0 atom stereocenters. The van der Waals surface area contributed by atoms with Crippen LogP contribution in [0.25, 0.3) is 60.0 Å². The maximum absolute atomic E-state index is 10.6. The summed E-state index contributed by atoms with van der Waals surface area (Å²) in [7, 11) is 0. The molecule has 0 unspecified atom stereocenters. The summed E-state index contributed by atoms with van der Waals surface area (Å²) in [4.78, 5) is 0. The molecule has 3 heterocycles. The number of fused-ring (bicyclic) bond motifs is 9. The van der Waals surface area contributed by atoms with Crippen LogP contribution in [0.2, 0.25) is 0 Å². The van der Waals surface area contributed by atoms with E-state index >= 15 is 0 Å². The van der Waals surface area contributed by atoms with Crippen molar-refractivity contribution in [3.63, 3.8) is 0 Å². The van der Waals surface area contributed by atoms with Crippen molar-refractivity contribution in [1.29, 1.82) is 0 Å². The molecule has 4 heteroatoms. The first-order valence-corrected chi connectivity index (χ1v) is 9.16. The highest BCUT2D eigenvalue weighted by molar-refractivity contribution is 6.29. The molecule has 4 aromatic carbocycles. The molecule has 0 aliphatic carbocycles. The van der Waals surface area contributed by atoms with Gasteiger partial charge in [-0.25, -0.2) is 0 Å². The molecule has 0 fully saturated rings. The van der Waals surface area contributed by atoms with Gasteiger partial charge in [0.25, 0.3) is 0 Å². The van der Waals surface area contributed by atoms with Crippen LogP contribution < -0.4 is 0 Å². The summed E-state index contributed by atoms with van der Waals surface area (Å²) in [5.41, 5.74) is 3.57. The predicted octanol–water partition coefficient (Wildman–Crippen LogP) is 6.15. The molecule has 4 nitrogen and oxygen atoms in total. The Morgan fingerprint density at radius 1 is 0.714 bits per heavy atom. The Morgan fingerprint density at radius 2 is 1.61 bits per heavy atom. The molecule has 0 aliphatic rings. The molecule has 0 radical (unpaired) electrons. The highest BCUT2D eigenvalue weighted by Crippen LogP contribution is 2.46. The lowest BCUT2D eigenvalue weighted by Crippen LogP contribution is -1.77. The van der Waals surface area contributed by atoms with Crippen LogP contribution in [0.1, 0.15) is 0 Å². The lowest BCUT2D eigenvalue weighted by Gasteiger charge is -2.00. The molecule has 7 rings (SSSR count). The number of nitrogens with zero attached hydrogens (tertiary/aromatic N) is 1. The second-order valence-electron chi connectivity index (χ2n) is 7.37. The number of para-hydroxylation sites is 1. The fraction of sp³-hybridized carbons (Fsp3) is 0. The third-order valence-electron chi connectivity index (χ3n) is 5.88. The SMILES string of the molecule is Oc1ccc2cc3c(cc2c1)oc1c3c2ccc(O)c3c4ccccc4n1c23. The fourth-order valence-corrected chi connectivity index (χ4v) is 4.72. The Morgan fingerprint density at radius 3 is 2.54 bits per heavy atom. The number of aromatic hydroxyl groups is 2. The Kier molecular flexibility index (Phi) is 2.27.